The molecule has 0 spiro atoms. The third kappa shape index (κ3) is 3.79. The molecule has 0 amide bonds. The smallest absolute Gasteiger partial charge is 0.338 e. The average molecular weight is 260 g/mol. The molecule has 0 unspecified atom stereocenters. The first kappa shape index (κ1) is 13.0. The van der Waals surface area contributed by atoms with Crippen molar-refractivity contribution in [3.05, 3.63) is 59.9 Å². The van der Waals surface area contributed by atoms with Crippen LogP contribution in [0.1, 0.15) is 10.4 Å². The van der Waals surface area contributed by atoms with Gasteiger partial charge in [-0.05, 0) is 24.3 Å². The maximum atomic E-state index is 11.6. The van der Waals surface area contributed by atoms with E-state index in [9.17, 15) is 14.7 Å². The normalized spacial score (nSPS) is 17.3. The van der Waals surface area contributed by atoms with Crippen LogP contribution in [0.4, 0.5) is 0 Å². The zero-order valence-electron chi connectivity index (χ0n) is 9.98. The van der Waals surface area contributed by atoms with E-state index >= 15 is 0 Å². The second-order valence-electron chi connectivity index (χ2n) is 3.86. The second kappa shape index (κ2) is 5.97. The summed E-state index contributed by atoms with van der Waals surface area (Å²) in [6, 6.07) is 8.47. The monoisotopic (exact) mass is 260 g/mol. The molecule has 1 aromatic rings. The largest absolute Gasteiger partial charge is 0.459 e. The Kier molecular flexibility index (Phi) is 4.10. The standard InChI is InChI=1S/C14H12O5/c15-11(8-12-6-7-13(16)19-12)9-18-14(17)10-4-2-1-3-5-10/h1-8,11,15H,9H2/b12-8+/t11-/m1/s1. The topological polar surface area (TPSA) is 72.8 Å². The lowest BCUT2D eigenvalue weighted by Gasteiger charge is -2.08. The number of carbonyl (C=O) groups is 2. The van der Waals surface area contributed by atoms with E-state index in [1.54, 1.807) is 30.3 Å². The first-order valence-electron chi connectivity index (χ1n) is 5.67. The molecule has 0 aliphatic carbocycles. The summed E-state index contributed by atoms with van der Waals surface area (Å²) >= 11 is 0. The van der Waals surface area contributed by atoms with Crippen molar-refractivity contribution in [2.24, 2.45) is 0 Å². The van der Waals surface area contributed by atoms with Gasteiger partial charge in [0.25, 0.3) is 0 Å². The van der Waals surface area contributed by atoms with Gasteiger partial charge in [-0.1, -0.05) is 18.2 Å². The van der Waals surface area contributed by atoms with Crippen molar-refractivity contribution in [2.45, 2.75) is 6.10 Å². The highest BCUT2D eigenvalue weighted by Gasteiger charge is 2.13. The van der Waals surface area contributed by atoms with Gasteiger partial charge in [-0.15, -0.1) is 0 Å². The van der Waals surface area contributed by atoms with Gasteiger partial charge in [0.15, 0.2) is 0 Å². The van der Waals surface area contributed by atoms with Crippen LogP contribution in [0.15, 0.2) is 54.3 Å². The van der Waals surface area contributed by atoms with E-state index in [1.807, 2.05) is 0 Å². The Hall–Kier alpha value is -2.40. The minimum Gasteiger partial charge on any atom is -0.459 e. The highest BCUT2D eigenvalue weighted by Crippen LogP contribution is 2.10. The zero-order chi connectivity index (χ0) is 13.7. The van der Waals surface area contributed by atoms with Gasteiger partial charge in [0, 0.05) is 6.08 Å². The fraction of sp³-hybridized carbons (Fsp3) is 0.143. The van der Waals surface area contributed by atoms with Crippen LogP contribution in [-0.2, 0) is 14.3 Å². The highest BCUT2D eigenvalue weighted by atomic mass is 16.5. The number of allylic oxidation sites excluding steroid dienone is 1. The lowest BCUT2D eigenvalue weighted by molar-refractivity contribution is -0.132. The van der Waals surface area contributed by atoms with Crippen LogP contribution >= 0.6 is 0 Å². The van der Waals surface area contributed by atoms with E-state index in [0.29, 0.717) is 5.56 Å². The molecule has 1 aromatic carbocycles. The number of ether oxygens (including phenoxy) is 2. The predicted molar refractivity (Wildman–Crippen MR) is 66.0 cm³/mol. The third-order valence-corrected chi connectivity index (χ3v) is 2.35. The molecule has 98 valence electrons. The van der Waals surface area contributed by atoms with Crippen LogP contribution in [0.3, 0.4) is 0 Å². The SMILES string of the molecule is O=C1C=C/C(=C\[C@@H](O)COC(=O)c2ccccc2)O1. The summed E-state index contributed by atoms with van der Waals surface area (Å²) < 4.78 is 9.66. The van der Waals surface area contributed by atoms with Crippen LogP contribution in [0, 0.1) is 0 Å². The minimum atomic E-state index is -1.03. The first-order valence-corrected chi connectivity index (χ1v) is 5.67. The van der Waals surface area contributed by atoms with Crippen LogP contribution in [0.2, 0.25) is 0 Å². The van der Waals surface area contributed by atoms with Crippen LogP contribution < -0.4 is 0 Å². The fourth-order valence-corrected chi connectivity index (χ4v) is 1.48. The van der Waals surface area contributed by atoms with E-state index in [2.05, 4.69) is 0 Å². The Morgan fingerprint density at radius 3 is 2.68 bits per heavy atom. The number of hydrogen-bond donors (Lipinski definition) is 1. The van der Waals surface area contributed by atoms with E-state index in [0.717, 1.165) is 0 Å². The summed E-state index contributed by atoms with van der Waals surface area (Å²) in [7, 11) is 0. The van der Waals surface area contributed by atoms with Crippen LogP contribution in [0.5, 0.6) is 0 Å². The minimum absolute atomic E-state index is 0.206. The first-order chi connectivity index (χ1) is 9.15. The summed E-state index contributed by atoms with van der Waals surface area (Å²) in [6.45, 7) is -0.206. The number of benzene rings is 1. The molecular formula is C14H12O5. The molecule has 1 atom stereocenters. The van der Waals surface area contributed by atoms with Crippen molar-refractivity contribution in [3.8, 4) is 0 Å². The van der Waals surface area contributed by atoms with Gasteiger partial charge >= 0.3 is 11.9 Å². The Morgan fingerprint density at radius 1 is 1.32 bits per heavy atom. The lowest BCUT2D eigenvalue weighted by Crippen LogP contribution is -2.17. The summed E-state index contributed by atoms with van der Waals surface area (Å²) in [6.07, 6.45) is 2.96. The van der Waals surface area contributed by atoms with Crippen molar-refractivity contribution in [3.63, 3.8) is 0 Å². The van der Waals surface area contributed by atoms with E-state index in [-0.39, 0.29) is 12.4 Å². The fourth-order valence-electron chi connectivity index (χ4n) is 1.48. The van der Waals surface area contributed by atoms with Crippen molar-refractivity contribution in [1.82, 2.24) is 0 Å². The molecule has 1 heterocycles. The molecule has 1 aliphatic heterocycles. The Balaban J connectivity index is 1.84. The number of cyclic esters (lactones) is 1. The molecule has 0 saturated heterocycles. The third-order valence-electron chi connectivity index (χ3n) is 2.35. The number of hydrogen-bond acceptors (Lipinski definition) is 5. The maximum absolute atomic E-state index is 11.6. The molecule has 0 radical (unpaired) electrons. The molecule has 1 N–H and O–H groups in total. The summed E-state index contributed by atoms with van der Waals surface area (Å²) in [4.78, 5) is 22.4. The molecule has 5 heteroatoms. The lowest BCUT2D eigenvalue weighted by atomic mass is 10.2. The maximum Gasteiger partial charge on any atom is 0.338 e. The number of esters is 2. The van der Waals surface area contributed by atoms with Crippen molar-refractivity contribution < 1.29 is 24.2 Å². The van der Waals surface area contributed by atoms with Crippen LogP contribution in [-0.4, -0.2) is 29.8 Å². The number of rotatable bonds is 4. The molecule has 0 fully saturated rings. The van der Waals surface area contributed by atoms with Gasteiger partial charge in [-0.2, -0.15) is 0 Å². The molecule has 1 aliphatic rings. The van der Waals surface area contributed by atoms with Gasteiger partial charge < -0.3 is 14.6 Å². The van der Waals surface area contributed by atoms with E-state index in [4.69, 9.17) is 9.47 Å². The van der Waals surface area contributed by atoms with Crippen molar-refractivity contribution in [2.75, 3.05) is 6.61 Å². The van der Waals surface area contributed by atoms with E-state index < -0.39 is 18.0 Å². The van der Waals surface area contributed by atoms with Crippen LogP contribution in [0.25, 0.3) is 0 Å². The molecule has 5 nitrogen and oxygen atoms in total. The Bertz CT molecular complexity index is 530. The molecule has 2 rings (SSSR count). The molecule has 0 bridgehead atoms. The van der Waals surface area contributed by atoms with E-state index in [1.165, 1.54) is 18.2 Å². The second-order valence-corrected chi connectivity index (χ2v) is 3.86. The number of aliphatic hydroxyl groups is 1. The summed E-state index contributed by atoms with van der Waals surface area (Å²) in [5.41, 5.74) is 0.412. The summed E-state index contributed by atoms with van der Waals surface area (Å²) in [5.74, 6) is -0.759. The summed E-state index contributed by atoms with van der Waals surface area (Å²) in [5, 5.41) is 9.61. The average Bonchev–Trinajstić information content (AvgIpc) is 2.82. The quantitative estimate of drug-likeness (QED) is 0.823. The van der Waals surface area contributed by atoms with Crippen molar-refractivity contribution in [1.29, 1.82) is 0 Å². The number of aliphatic hydroxyl groups excluding tert-OH is 1. The Labute approximate surface area is 109 Å². The zero-order valence-corrected chi connectivity index (χ0v) is 9.98. The molecular weight excluding hydrogens is 248 g/mol. The van der Waals surface area contributed by atoms with Gasteiger partial charge in [0.1, 0.15) is 18.5 Å². The Morgan fingerprint density at radius 2 is 2.05 bits per heavy atom. The van der Waals surface area contributed by atoms with Crippen molar-refractivity contribution >= 4 is 11.9 Å². The predicted octanol–water partition coefficient (Wildman–Crippen LogP) is 1.20. The molecule has 19 heavy (non-hydrogen) atoms. The van der Waals surface area contributed by atoms with Gasteiger partial charge in [0.2, 0.25) is 0 Å². The van der Waals surface area contributed by atoms with Gasteiger partial charge in [-0.3, -0.25) is 0 Å². The molecule has 0 saturated carbocycles. The highest BCUT2D eigenvalue weighted by molar-refractivity contribution is 5.89. The molecule has 0 aromatic heterocycles. The van der Waals surface area contributed by atoms with Gasteiger partial charge in [-0.25, -0.2) is 9.59 Å². The van der Waals surface area contributed by atoms with Gasteiger partial charge in [0.05, 0.1) is 5.56 Å². The number of carbonyl (C=O) groups excluding carboxylic acids is 2.